The van der Waals surface area contributed by atoms with Crippen molar-refractivity contribution in [3.8, 4) is 0 Å². The number of aliphatic hydroxyl groups excluding tert-OH is 1. The predicted molar refractivity (Wildman–Crippen MR) is 51.8 cm³/mol. The van der Waals surface area contributed by atoms with Gasteiger partial charge >= 0.3 is 0 Å². The van der Waals surface area contributed by atoms with Crippen molar-refractivity contribution in [1.29, 1.82) is 0 Å². The Balaban J connectivity index is 1.67. The van der Waals surface area contributed by atoms with E-state index < -0.39 is 0 Å². The summed E-state index contributed by atoms with van der Waals surface area (Å²) in [5.74, 6) is 1.44. The first kappa shape index (κ1) is 8.12. The van der Waals surface area contributed by atoms with Crippen LogP contribution in [0, 0.1) is 17.3 Å². The van der Waals surface area contributed by atoms with Crippen LogP contribution < -0.4 is 0 Å². The molecule has 0 bridgehead atoms. The Kier molecular flexibility index (Phi) is 1.27. The van der Waals surface area contributed by atoms with Crippen molar-refractivity contribution in [3.05, 3.63) is 0 Å². The normalized spacial score (nSPS) is 46.9. The molecule has 0 aromatic carbocycles. The topological polar surface area (TPSA) is 29.5 Å². The van der Waals surface area contributed by atoms with Crippen molar-refractivity contribution in [3.63, 3.8) is 0 Å². The molecule has 1 saturated heterocycles. The maximum absolute atomic E-state index is 10.4. The molecule has 14 heavy (non-hydrogen) atoms. The van der Waals surface area contributed by atoms with Crippen molar-refractivity contribution >= 4 is 0 Å². The lowest BCUT2D eigenvalue weighted by Crippen LogP contribution is -2.50. The molecule has 3 aliphatic carbocycles. The summed E-state index contributed by atoms with van der Waals surface area (Å²) in [5.41, 5.74) is 0.357. The van der Waals surface area contributed by atoms with Crippen LogP contribution in [0.2, 0.25) is 0 Å². The molecule has 1 heterocycles. The maximum Gasteiger partial charge on any atom is 0.0945 e. The van der Waals surface area contributed by atoms with Gasteiger partial charge in [-0.15, -0.1) is 0 Å². The van der Waals surface area contributed by atoms with Gasteiger partial charge in [-0.25, -0.2) is 0 Å². The van der Waals surface area contributed by atoms with Crippen LogP contribution in [0.4, 0.5) is 0 Å². The summed E-state index contributed by atoms with van der Waals surface area (Å²) >= 11 is 0. The largest absolute Gasteiger partial charge is 0.390 e. The van der Waals surface area contributed by atoms with Crippen molar-refractivity contribution in [1.82, 2.24) is 0 Å². The second-order valence-electron chi connectivity index (χ2n) is 6.02. The zero-order chi connectivity index (χ0) is 9.39. The molecule has 2 heteroatoms. The number of rotatable bonds is 1. The molecule has 78 valence electrons. The number of hydrogen-bond acceptors (Lipinski definition) is 2. The molecular weight excluding hydrogens is 176 g/mol. The lowest BCUT2D eigenvalue weighted by molar-refractivity contribution is -0.163. The van der Waals surface area contributed by atoms with Gasteiger partial charge in [0.05, 0.1) is 18.3 Å². The zero-order valence-electron chi connectivity index (χ0n) is 8.54. The third-order valence-corrected chi connectivity index (χ3v) is 5.00. The summed E-state index contributed by atoms with van der Waals surface area (Å²) in [6, 6.07) is 0. The smallest absolute Gasteiger partial charge is 0.0945 e. The molecular formula is C12H18O2. The van der Waals surface area contributed by atoms with Gasteiger partial charge in [0.15, 0.2) is 0 Å². The molecule has 0 aromatic rings. The van der Waals surface area contributed by atoms with Crippen molar-refractivity contribution in [2.45, 2.75) is 50.2 Å². The monoisotopic (exact) mass is 194 g/mol. The summed E-state index contributed by atoms with van der Waals surface area (Å²) in [7, 11) is 0. The van der Waals surface area contributed by atoms with Crippen molar-refractivity contribution in [2.75, 3.05) is 6.61 Å². The zero-order valence-corrected chi connectivity index (χ0v) is 8.54. The molecule has 4 fully saturated rings. The van der Waals surface area contributed by atoms with E-state index in [1.54, 1.807) is 0 Å². The summed E-state index contributed by atoms with van der Waals surface area (Å²) < 4.78 is 5.92. The van der Waals surface area contributed by atoms with Gasteiger partial charge < -0.3 is 9.84 Å². The Morgan fingerprint density at radius 1 is 1.07 bits per heavy atom. The van der Waals surface area contributed by atoms with E-state index in [4.69, 9.17) is 4.74 Å². The number of ether oxygens (including phenoxy) is 1. The highest BCUT2D eigenvalue weighted by Gasteiger charge is 2.67. The summed E-state index contributed by atoms with van der Waals surface area (Å²) in [5, 5.41) is 10.4. The van der Waals surface area contributed by atoms with Crippen LogP contribution in [0.15, 0.2) is 0 Å². The van der Waals surface area contributed by atoms with Crippen LogP contribution in [0.25, 0.3) is 0 Å². The van der Waals surface area contributed by atoms with E-state index in [1.807, 2.05) is 0 Å². The van der Waals surface area contributed by atoms with Gasteiger partial charge in [0.1, 0.15) is 0 Å². The molecule has 0 amide bonds. The van der Waals surface area contributed by atoms with Crippen LogP contribution in [-0.4, -0.2) is 23.4 Å². The van der Waals surface area contributed by atoms with Gasteiger partial charge in [-0.1, -0.05) is 0 Å². The second-order valence-corrected chi connectivity index (χ2v) is 6.02. The average molecular weight is 194 g/mol. The fourth-order valence-corrected chi connectivity index (χ4v) is 3.55. The molecule has 2 atom stereocenters. The Morgan fingerprint density at radius 2 is 1.79 bits per heavy atom. The van der Waals surface area contributed by atoms with Gasteiger partial charge in [-0.3, -0.25) is 0 Å². The van der Waals surface area contributed by atoms with Gasteiger partial charge in [0.2, 0.25) is 0 Å². The van der Waals surface area contributed by atoms with Crippen LogP contribution >= 0.6 is 0 Å². The highest BCUT2D eigenvalue weighted by molar-refractivity contribution is 5.17. The van der Waals surface area contributed by atoms with E-state index in [0.29, 0.717) is 11.3 Å². The highest BCUT2D eigenvalue weighted by Crippen LogP contribution is 2.67. The highest BCUT2D eigenvalue weighted by atomic mass is 16.5. The van der Waals surface area contributed by atoms with Crippen molar-refractivity contribution < 1.29 is 9.84 Å². The quantitative estimate of drug-likeness (QED) is 0.688. The molecule has 0 aromatic heterocycles. The van der Waals surface area contributed by atoms with E-state index in [1.165, 1.54) is 25.7 Å². The standard InChI is InChI=1S/C12H18O2/c13-10-9(8-1-2-8)11(3-4-11)7-14-12(10)5-6-12/h8-10,13H,1-7H2/t9-,10-/m1/s1. The molecule has 1 aliphatic heterocycles. The minimum Gasteiger partial charge on any atom is -0.390 e. The van der Waals surface area contributed by atoms with Crippen LogP contribution in [0.3, 0.4) is 0 Å². The Bertz CT molecular complexity index is 274. The summed E-state index contributed by atoms with van der Waals surface area (Å²) in [6.45, 7) is 0.950. The van der Waals surface area contributed by atoms with Crippen LogP contribution in [-0.2, 0) is 4.74 Å². The minimum atomic E-state index is -0.133. The number of aliphatic hydroxyl groups is 1. The molecule has 3 saturated carbocycles. The molecule has 0 unspecified atom stereocenters. The van der Waals surface area contributed by atoms with E-state index in [0.717, 1.165) is 25.4 Å². The van der Waals surface area contributed by atoms with Gasteiger partial charge in [0, 0.05) is 0 Å². The predicted octanol–water partition coefficient (Wildman–Crippen LogP) is 1.72. The van der Waals surface area contributed by atoms with Crippen LogP contribution in [0.1, 0.15) is 38.5 Å². The molecule has 4 aliphatic rings. The average Bonchev–Trinajstić information content (AvgIpc) is 3.02. The third kappa shape index (κ3) is 0.892. The lowest BCUT2D eigenvalue weighted by Gasteiger charge is -2.42. The van der Waals surface area contributed by atoms with Gasteiger partial charge in [-0.05, 0) is 55.8 Å². The molecule has 4 rings (SSSR count). The van der Waals surface area contributed by atoms with E-state index in [2.05, 4.69) is 0 Å². The lowest BCUT2D eigenvalue weighted by atomic mass is 9.76. The number of hydrogen-bond donors (Lipinski definition) is 1. The van der Waals surface area contributed by atoms with Crippen LogP contribution in [0.5, 0.6) is 0 Å². The molecule has 2 spiro atoms. The summed E-state index contributed by atoms with van der Waals surface area (Å²) in [4.78, 5) is 0. The summed E-state index contributed by atoms with van der Waals surface area (Å²) in [6.07, 6.45) is 7.41. The molecule has 2 nitrogen and oxygen atoms in total. The Labute approximate surface area is 84.6 Å². The first-order valence-electron chi connectivity index (χ1n) is 6.08. The third-order valence-electron chi connectivity index (χ3n) is 5.00. The van der Waals surface area contributed by atoms with E-state index >= 15 is 0 Å². The minimum absolute atomic E-state index is 0.0684. The van der Waals surface area contributed by atoms with Gasteiger partial charge in [-0.2, -0.15) is 0 Å². The van der Waals surface area contributed by atoms with Gasteiger partial charge in [0.25, 0.3) is 0 Å². The molecule has 1 N–H and O–H groups in total. The van der Waals surface area contributed by atoms with E-state index in [9.17, 15) is 5.11 Å². The SMILES string of the molecule is O[C@@H]1[C@@H](C2CC2)C2(CC2)COC12CC2. The van der Waals surface area contributed by atoms with Crippen molar-refractivity contribution in [2.24, 2.45) is 17.3 Å². The maximum atomic E-state index is 10.4. The Morgan fingerprint density at radius 3 is 2.29 bits per heavy atom. The second kappa shape index (κ2) is 2.19. The van der Waals surface area contributed by atoms with E-state index in [-0.39, 0.29) is 11.7 Å². The first-order valence-corrected chi connectivity index (χ1v) is 6.08. The fourth-order valence-electron chi connectivity index (χ4n) is 3.55. The Hall–Kier alpha value is -0.0800. The fraction of sp³-hybridized carbons (Fsp3) is 1.00. The first-order chi connectivity index (χ1) is 6.76. The molecule has 0 radical (unpaired) electrons.